The topological polar surface area (TPSA) is 165 Å². The first-order chi connectivity index (χ1) is 27.7. The Labute approximate surface area is 340 Å². The molecule has 2 N–H and O–H groups in total. The minimum absolute atomic E-state index is 0.0389. The normalized spacial score (nSPS) is 22.3. The quantitative estimate of drug-likeness (QED) is 0.148. The minimum atomic E-state index is -0.643. The van der Waals surface area contributed by atoms with E-state index in [1.54, 1.807) is 53.3 Å². The molecule has 0 spiro atoms. The van der Waals surface area contributed by atoms with Crippen LogP contribution in [0, 0.1) is 17.4 Å². The van der Waals surface area contributed by atoms with Crippen LogP contribution in [0.4, 0.5) is 5.69 Å². The van der Waals surface area contributed by atoms with Gasteiger partial charge in [0.05, 0.1) is 29.0 Å². The van der Waals surface area contributed by atoms with Crippen molar-refractivity contribution in [2.24, 2.45) is 10.8 Å². The molecule has 4 amide bonds. The lowest BCUT2D eigenvalue weighted by atomic mass is 9.49. The van der Waals surface area contributed by atoms with Gasteiger partial charge in [-0.3, -0.25) is 29.4 Å². The van der Waals surface area contributed by atoms with Crippen LogP contribution < -0.4 is 20.1 Å². The average Bonchev–Trinajstić information content (AvgIpc) is 3.78. The first-order valence-electron chi connectivity index (χ1n) is 19.4. The minimum Gasteiger partial charge on any atom is -0.489 e. The number of carbonyl (C=O) groups excluding carboxylic acids is 4. The number of hydrogen-bond donors (Lipinski definition) is 2. The molecule has 2 saturated heterocycles. The van der Waals surface area contributed by atoms with Gasteiger partial charge in [0.15, 0.2) is 5.82 Å². The van der Waals surface area contributed by atoms with Crippen molar-refractivity contribution in [3.63, 3.8) is 0 Å². The van der Waals surface area contributed by atoms with E-state index in [-0.39, 0.29) is 42.4 Å². The van der Waals surface area contributed by atoms with E-state index in [1.807, 2.05) is 12.3 Å². The molecule has 0 radical (unpaired) electrons. The molecule has 4 aliphatic rings. The van der Waals surface area contributed by atoms with Gasteiger partial charge >= 0.3 is 0 Å². The van der Waals surface area contributed by atoms with E-state index in [2.05, 4.69) is 63.4 Å². The lowest BCUT2D eigenvalue weighted by Gasteiger charge is -2.63. The number of fused-ring (bicyclic) bond motifs is 1. The summed E-state index contributed by atoms with van der Waals surface area (Å²) in [5.41, 5.74) is 2.24. The lowest BCUT2D eigenvalue weighted by Crippen LogP contribution is -2.74. The number of aromatic nitrogens is 4. The highest BCUT2D eigenvalue weighted by Crippen LogP contribution is 2.55. The third-order valence-electron chi connectivity index (χ3n) is 11.8. The maximum atomic E-state index is 13.4. The molecule has 3 aliphatic heterocycles. The Morgan fingerprint density at radius 2 is 1.79 bits per heavy atom. The van der Waals surface area contributed by atoms with Crippen LogP contribution in [0.25, 0.3) is 10.7 Å². The number of benzene rings is 2. The van der Waals surface area contributed by atoms with Gasteiger partial charge in [0.2, 0.25) is 17.5 Å². The number of hydrogen-bond acceptors (Lipinski definition) is 10. The van der Waals surface area contributed by atoms with Gasteiger partial charge < -0.3 is 19.7 Å². The molecule has 5 heterocycles. The summed E-state index contributed by atoms with van der Waals surface area (Å²) in [5, 5.41) is 14.5. The number of nitrogens with one attached hydrogen (secondary N) is 2. The number of halogens is 1. The van der Waals surface area contributed by atoms with Gasteiger partial charge in [0.25, 0.3) is 11.8 Å². The SMILES string of the molecule is [C-]#[N+]c1ccc(OC2C(C)(C)C(NC(=O)c3ccc(-n4cc(CCCN5CC(Oc6ccc7c(c6)CN(C6CCC(=O)NC6=O)C7=O)C5)nn4)nc3)C2(C)C)cc1Cl. The first kappa shape index (κ1) is 39.0. The number of amides is 4. The van der Waals surface area contributed by atoms with Crippen molar-refractivity contribution >= 4 is 40.9 Å². The van der Waals surface area contributed by atoms with Crippen LogP contribution in [-0.4, -0.2) is 97.3 Å². The van der Waals surface area contributed by atoms with Crippen LogP contribution in [0.2, 0.25) is 5.02 Å². The summed E-state index contributed by atoms with van der Waals surface area (Å²) < 4.78 is 14.2. The fraction of sp³-hybridized carbons (Fsp3) is 0.429. The van der Waals surface area contributed by atoms with E-state index in [9.17, 15) is 19.2 Å². The summed E-state index contributed by atoms with van der Waals surface area (Å²) >= 11 is 6.24. The predicted molar refractivity (Wildman–Crippen MR) is 212 cm³/mol. The van der Waals surface area contributed by atoms with Gasteiger partial charge in [-0.25, -0.2) is 14.5 Å². The maximum Gasteiger partial charge on any atom is 0.255 e. The monoisotopic (exact) mass is 805 g/mol. The molecule has 1 unspecified atom stereocenters. The van der Waals surface area contributed by atoms with Gasteiger partial charge in [-0.15, -0.1) is 5.10 Å². The molecule has 1 aliphatic carbocycles. The molecule has 1 saturated carbocycles. The summed E-state index contributed by atoms with van der Waals surface area (Å²) in [4.78, 5) is 62.0. The summed E-state index contributed by atoms with van der Waals surface area (Å²) in [7, 11) is 0. The number of rotatable bonds is 12. The third kappa shape index (κ3) is 7.38. The Hall–Kier alpha value is -5.85. The molecule has 16 heteroatoms. The van der Waals surface area contributed by atoms with Gasteiger partial charge in [-0.1, -0.05) is 50.6 Å². The number of aryl methyl sites for hydroxylation is 1. The number of piperidine rings is 1. The second kappa shape index (κ2) is 15.1. The molecule has 1 atom stereocenters. The highest BCUT2D eigenvalue weighted by Gasteiger charge is 2.64. The number of ether oxygens (including phenoxy) is 2. The molecule has 3 fully saturated rings. The van der Waals surface area contributed by atoms with Crippen molar-refractivity contribution in [3.8, 4) is 17.3 Å². The van der Waals surface area contributed by atoms with Crippen LogP contribution in [0.5, 0.6) is 11.5 Å². The zero-order chi connectivity index (χ0) is 40.9. The van der Waals surface area contributed by atoms with Gasteiger partial charge in [-0.2, -0.15) is 0 Å². The van der Waals surface area contributed by atoms with E-state index in [0.29, 0.717) is 52.1 Å². The van der Waals surface area contributed by atoms with Crippen LogP contribution in [0.1, 0.15) is 78.9 Å². The van der Waals surface area contributed by atoms with Gasteiger partial charge in [0, 0.05) is 54.7 Å². The standard InChI is InChI=1S/C42H44ClN9O6/c1-41(2)39(42(3,4)40(41)58-28-10-12-32(44-5)31(43)18-28)47-36(54)24-8-14-34(45-19-24)52-21-26(48-49-52)7-6-16-50-22-29(23-50)57-27-9-11-30-25(17-27)20-51(38(30)56)33-13-15-35(53)46-37(33)55/h8-12,14,17-19,21,29,33,39-40H,6-7,13,15-16,20,22-23H2,1-4H3,(H,47,54)(H,46,53,55). The van der Waals surface area contributed by atoms with Crippen molar-refractivity contribution in [2.75, 3.05) is 19.6 Å². The second-order valence-corrected chi connectivity index (χ2v) is 17.1. The van der Waals surface area contributed by atoms with E-state index in [0.717, 1.165) is 43.7 Å². The summed E-state index contributed by atoms with van der Waals surface area (Å²) in [6.45, 7) is 18.2. The van der Waals surface area contributed by atoms with Crippen LogP contribution in [-0.2, 0) is 22.6 Å². The molecule has 58 heavy (non-hydrogen) atoms. The zero-order valence-corrected chi connectivity index (χ0v) is 33.5. The zero-order valence-electron chi connectivity index (χ0n) is 32.7. The molecule has 4 aromatic rings. The molecule has 2 aromatic heterocycles. The highest BCUT2D eigenvalue weighted by atomic mass is 35.5. The van der Waals surface area contributed by atoms with Crippen LogP contribution >= 0.6 is 11.6 Å². The molecule has 2 aromatic carbocycles. The largest absolute Gasteiger partial charge is 0.489 e. The van der Waals surface area contributed by atoms with E-state index >= 15 is 0 Å². The number of nitrogens with zero attached hydrogens (tertiary/aromatic N) is 7. The molecular formula is C42H44ClN9O6. The summed E-state index contributed by atoms with van der Waals surface area (Å²) in [5.74, 6) is 0.672. The Bertz CT molecular complexity index is 2320. The fourth-order valence-corrected chi connectivity index (χ4v) is 9.28. The molecule has 0 bridgehead atoms. The smallest absolute Gasteiger partial charge is 0.255 e. The highest BCUT2D eigenvalue weighted by molar-refractivity contribution is 6.33. The number of imide groups is 1. The van der Waals surface area contributed by atoms with Crippen molar-refractivity contribution in [1.29, 1.82) is 0 Å². The summed E-state index contributed by atoms with van der Waals surface area (Å²) in [6.07, 6.45) is 5.40. The van der Waals surface area contributed by atoms with Crippen molar-refractivity contribution in [3.05, 3.63) is 99.7 Å². The maximum absolute atomic E-state index is 13.4. The van der Waals surface area contributed by atoms with E-state index in [4.69, 9.17) is 27.6 Å². The first-order valence-corrected chi connectivity index (χ1v) is 19.8. The lowest BCUT2D eigenvalue weighted by molar-refractivity contribution is -0.164. The predicted octanol–water partition coefficient (Wildman–Crippen LogP) is 4.94. The Kier molecular flexibility index (Phi) is 10.2. The molecule has 8 rings (SSSR count). The molecule has 15 nitrogen and oxygen atoms in total. The van der Waals surface area contributed by atoms with Crippen LogP contribution in [0.3, 0.4) is 0 Å². The van der Waals surface area contributed by atoms with Crippen molar-refractivity contribution in [2.45, 2.75) is 84.2 Å². The molecular weight excluding hydrogens is 762 g/mol. The third-order valence-corrected chi connectivity index (χ3v) is 12.1. The van der Waals surface area contributed by atoms with Crippen molar-refractivity contribution in [1.82, 2.24) is 40.4 Å². The van der Waals surface area contributed by atoms with Gasteiger partial charge in [0.1, 0.15) is 29.7 Å². The van der Waals surface area contributed by atoms with E-state index in [1.165, 1.54) is 4.90 Å². The van der Waals surface area contributed by atoms with Crippen molar-refractivity contribution < 1.29 is 28.7 Å². The number of likely N-dealkylation sites (tertiary alicyclic amines) is 1. The van der Waals surface area contributed by atoms with E-state index < -0.39 is 22.8 Å². The Morgan fingerprint density at radius 3 is 2.50 bits per heavy atom. The average molecular weight is 806 g/mol. The molecule has 300 valence electrons. The second-order valence-electron chi connectivity index (χ2n) is 16.7. The van der Waals surface area contributed by atoms with Gasteiger partial charge in [-0.05, 0) is 73.8 Å². The number of pyridine rings is 1. The Balaban J connectivity index is 0.772. The number of carbonyl (C=O) groups is 4. The fourth-order valence-electron chi connectivity index (χ4n) is 9.06. The summed E-state index contributed by atoms with van der Waals surface area (Å²) in [6, 6.07) is 13.1. The Morgan fingerprint density at radius 1 is 1.03 bits per heavy atom. The van der Waals surface area contributed by atoms with Crippen LogP contribution in [0.15, 0.2) is 60.9 Å².